The SMILES string of the molecule is CC(C)OCCCNCCN1CCCC(C(C)(C)C)CC1. The summed E-state index contributed by atoms with van der Waals surface area (Å²) in [5.41, 5.74) is 0.477. The average molecular weight is 299 g/mol. The topological polar surface area (TPSA) is 24.5 Å². The smallest absolute Gasteiger partial charge is 0.0518 e. The highest BCUT2D eigenvalue weighted by Gasteiger charge is 2.26. The molecule has 0 bridgehead atoms. The first-order valence-corrected chi connectivity index (χ1v) is 8.94. The van der Waals surface area contributed by atoms with Crippen LogP contribution in [0.4, 0.5) is 0 Å². The molecule has 1 atom stereocenters. The first-order chi connectivity index (χ1) is 9.89. The van der Waals surface area contributed by atoms with E-state index in [1.807, 2.05) is 0 Å². The molecule has 0 aromatic heterocycles. The Morgan fingerprint density at radius 1 is 1.14 bits per heavy atom. The minimum absolute atomic E-state index is 0.359. The van der Waals surface area contributed by atoms with Crippen molar-refractivity contribution in [3.05, 3.63) is 0 Å². The number of hydrogen-bond acceptors (Lipinski definition) is 3. The Balaban J connectivity index is 2.05. The van der Waals surface area contributed by atoms with Crippen LogP contribution in [0.1, 0.15) is 60.3 Å². The van der Waals surface area contributed by atoms with Gasteiger partial charge in [0, 0.05) is 19.7 Å². The fourth-order valence-electron chi connectivity index (χ4n) is 3.12. The first-order valence-electron chi connectivity index (χ1n) is 8.94. The lowest BCUT2D eigenvalue weighted by atomic mass is 9.77. The molecule has 0 aromatic carbocycles. The molecule has 1 fully saturated rings. The quantitative estimate of drug-likeness (QED) is 0.694. The summed E-state index contributed by atoms with van der Waals surface area (Å²) < 4.78 is 5.55. The van der Waals surface area contributed by atoms with Crippen molar-refractivity contribution in [1.29, 1.82) is 0 Å². The van der Waals surface area contributed by atoms with E-state index in [0.717, 1.165) is 32.0 Å². The van der Waals surface area contributed by atoms with Crippen LogP contribution in [0.5, 0.6) is 0 Å². The summed E-state index contributed by atoms with van der Waals surface area (Å²) in [5.74, 6) is 0.892. The van der Waals surface area contributed by atoms with Crippen molar-refractivity contribution >= 4 is 0 Å². The second-order valence-electron chi connectivity index (χ2n) is 7.86. The Morgan fingerprint density at radius 2 is 1.90 bits per heavy atom. The molecule has 3 heteroatoms. The lowest BCUT2D eigenvalue weighted by Crippen LogP contribution is -2.34. The zero-order valence-corrected chi connectivity index (χ0v) is 15.1. The van der Waals surface area contributed by atoms with Gasteiger partial charge in [-0.3, -0.25) is 0 Å². The molecular weight excluding hydrogens is 260 g/mol. The van der Waals surface area contributed by atoms with Crippen LogP contribution in [0.2, 0.25) is 0 Å². The lowest BCUT2D eigenvalue weighted by Gasteiger charge is -2.29. The van der Waals surface area contributed by atoms with Gasteiger partial charge in [0.1, 0.15) is 0 Å². The van der Waals surface area contributed by atoms with Crippen LogP contribution in [0, 0.1) is 11.3 Å². The second kappa shape index (κ2) is 9.81. The number of rotatable bonds is 8. The van der Waals surface area contributed by atoms with Crippen LogP contribution in [0.3, 0.4) is 0 Å². The second-order valence-corrected chi connectivity index (χ2v) is 7.86. The summed E-state index contributed by atoms with van der Waals surface area (Å²) in [7, 11) is 0. The zero-order chi connectivity index (χ0) is 15.7. The molecule has 0 amide bonds. The van der Waals surface area contributed by atoms with Gasteiger partial charge in [0.25, 0.3) is 0 Å². The summed E-state index contributed by atoms with van der Waals surface area (Å²) in [5, 5.41) is 3.55. The maximum Gasteiger partial charge on any atom is 0.0518 e. The van der Waals surface area contributed by atoms with E-state index in [0.29, 0.717) is 11.5 Å². The van der Waals surface area contributed by atoms with Gasteiger partial charge in [0.05, 0.1) is 6.10 Å². The van der Waals surface area contributed by atoms with Gasteiger partial charge in [-0.25, -0.2) is 0 Å². The molecule has 0 saturated carbocycles. The molecule has 0 radical (unpaired) electrons. The predicted octanol–water partition coefficient (Wildman–Crippen LogP) is 3.54. The lowest BCUT2D eigenvalue weighted by molar-refractivity contribution is 0.0770. The van der Waals surface area contributed by atoms with Crippen LogP contribution in [0.15, 0.2) is 0 Å². The predicted molar refractivity (Wildman–Crippen MR) is 91.8 cm³/mol. The van der Waals surface area contributed by atoms with E-state index in [-0.39, 0.29) is 0 Å². The summed E-state index contributed by atoms with van der Waals surface area (Å²) >= 11 is 0. The van der Waals surface area contributed by atoms with Gasteiger partial charge >= 0.3 is 0 Å². The molecule has 3 nitrogen and oxygen atoms in total. The van der Waals surface area contributed by atoms with Crippen molar-refractivity contribution < 1.29 is 4.74 Å². The van der Waals surface area contributed by atoms with Gasteiger partial charge in [-0.2, -0.15) is 0 Å². The maximum absolute atomic E-state index is 5.55. The van der Waals surface area contributed by atoms with Crippen LogP contribution < -0.4 is 5.32 Å². The van der Waals surface area contributed by atoms with Gasteiger partial charge in [-0.1, -0.05) is 20.8 Å². The van der Waals surface area contributed by atoms with Crippen LogP contribution >= 0.6 is 0 Å². The monoisotopic (exact) mass is 298 g/mol. The maximum atomic E-state index is 5.55. The highest BCUT2D eigenvalue weighted by atomic mass is 16.5. The fourth-order valence-corrected chi connectivity index (χ4v) is 3.12. The minimum atomic E-state index is 0.359. The number of ether oxygens (including phenoxy) is 1. The normalized spacial score (nSPS) is 21.7. The third-order valence-electron chi connectivity index (χ3n) is 4.60. The summed E-state index contributed by atoms with van der Waals surface area (Å²) in [6.07, 6.45) is 5.61. The molecule has 126 valence electrons. The first kappa shape index (κ1) is 18.9. The molecule has 1 aliphatic rings. The molecule has 1 rings (SSSR count). The molecule has 1 heterocycles. The van der Waals surface area contributed by atoms with Gasteiger partial charge in [-0.05, 0) is 70.5 Å². The van der Waals surface area contributed by atoms with E-state index in [4.69, 9.17) is 4.74 Å². The number of nitrogens with zero attached hydrogens (tertiary/aromatic N) is 1. The summed E-state index contributed by atoms with van der Waals surface area (Å²) in [6.45, 7) is 18.2. The molecule has 0 aliphatic carbocycles. The average Bonchev–Trinajstić information content (AvgIpc) is 2.62. The fraction of sp³-hybridized carbons (Fsp3) is 1.00. The van der Waals surface area contributed by atoms with E-state index in [1.54, 1.807) is 0 Å². The van der Waals surface area contributed by atoms with Crippen LogP contribution in [-0.4, -0.2) is 50.3 Å². The molecule has 1 N–H and O–H groups in total. The van der Waals surface area contributed by atoms with E-state index in [1.165, 1.54) is 38.9 Å². The largest absolute Gasteiger partial charge is 0.379 e. The van der Waals surface area contributed by atoms with Crippen LogP contribution in [-0.2, 0) is 4.74 Å². The molecule has 0 spiro atoms. The molecule has 1 saturated heterocycles. The van der Waals surface area contributed by atoms with E-state index >= 15 is 0 Å². The number of nitrogens with one attached hydrogen (secondary N) is 1. The Morgan fingerprint density at radius 3 is 2.57 bits per heavy atom. The van der Waals surface area contributed by atoms with Gasteiger partial charge in [-0.15, -0.1) is 0 Å². The van der Waals surface area contributed by atoms with E-state index < -0.39 is 0 Å². The number of hydrogen-bond donors (Lipinski definition) is 1. The van der Waals surface area contributed by atoms with Gasteiger partial charge in [0.2, 0.25) is 0 Å². The number of likely N-dealkylation sites (tertiary alicyclic amines) is 1. The Hall–Kier alpha value is -0.120. The van der Waals surface area contributed by atoms with Crippen molar-refractivity contribution in [1.82, 2.24) is 10.2 Å². The standard InChI is InChI=1S/C18H38N2O/c1-16(2)21-15-7-10-19-11-14-20-12-6-8-17(9-13-20)18(3,4)5/h16-17,19H,6-15H2,1-5H3. The Labute approximate surface area is 132 Å². The minimum Gasteiger partial charge on any atom is -0.379 e. The highest BCUT2D eigenvalue weighted by Crippen LogP contribution is 2.34. The summed E-state index contributed by atoms with van der Waals surface area (Å²) in [4.78, 5) is 2.64. The zero-order valence-electron chi connectivity index (χ0n) is 15.1. The van der Waals surface area contributed by atoms with Gasteiger partial charge in [0.15, 0.2) is 0 Å². The van der Waals surface area contributed by atoms with Crippen molar-refractivity contribution in [2.45, 2.75) is 66.4 Å². The molecule has 1 unspecified atom stereocenters. The van der Waals surface area contributed by atoms with E-state index in [9.17, 15) is 0 Å². The third-order valence-corrected chi connectivity index (χ3v) is 4.60. The van der Waals surface area contributed by atoms with Crippen LogP contribution in [0.25, 0.3) is 0 Å². The van der Waals surface area contributed by atoms with Crippen molar-refractivity contribution in [2.75, 3.05) is 39.3 Å². The molecule has 21 heavy (non-hydrogen) atoms. The van der Waals surface area contributed by atoms with Crippen molar-refractivity contribution in [2.24, 2.45) is 11.3 Å². The van der Waals surface area contributed by atoms with Crippen molar-refractivity contribution in [3.63, 3.8) is 0 Å². The molecule has 0 aromatic rings. The summed E-state index contributed by atoms with van der Waals surface area (Å²) in [6, 6.07) is 0. The van der Waals surface area contributed by atoms with Crippen molar-refractivity contribution in [3.8, 4) is 0 Å². The Kier molecular flexibility index (Phi) is 8.84. The highest BCUT2D eigenvalue weighted by molar-refractivity contribution is 4.79. The van der Waals surface area contributed by atoms with E-state index in [2.05, 4.69) is 44.8 Å². The third kappa shape index (κ3) is 8.80. The molecular formula is C18H38N2O. The molecule has 1 aliphatic heterocycles. The van der Waals surface area contributed by atoms with Gasteiger partial charge < -0.3 is 15.0 Å². The Bertz CT molecular complexity index is 260.